The van der Waals surface area contributed by atoms with Gasteiger partial charge in [0, 0.05) is 18.9 Å². The minimum atomic E-state index is -3.50. The van der Waals surface area contributed by atoms with E-state index in [-0.39, 0.29) is 18.5 Å². The molecule has 0 aliphatic heterocycles. The van der Waals surface area contributed by atoms with Gasteiger partial charge in [-0.15, -0.1) is 0 Å². The molecule has 6 heteroatoms. The lowest BCUT2D eigenvalue weighted by Crippen LogP contribution is -1.98. The summed E-state index contributed by atoms with van der Waals surface area (Å²) >= 11 is 0. The summed E-state index contributed by atoms with van der Waals surface area (Å²) in [7, 11) is -1.66. The van der Waals surface area contributed by atoms with Gasteiger partial charge in [0.25, 0.3) is 0 Å². The van der Waals surface area contributed by atoms with Crippen molar-refractivity contribution in [3.63, 3.8) is 0 Å². The Labute approximate surface area is 107 Å². The molecule has 1 heterocycles. The molecule has 0 aliphatic carbocycles. The van der Waals surface area contributed by atoms with Crippen LogP contribution in [0.5, 0.6) is 0 Å². The maximum Gasteiger partial charge on any atom is 0.371 e. The summed E-state index contributed by atoms with van der Waals surface area (Å²) in [6, 6.07) is 5.57. The van der Waals surface area contributed by atoms with Crippen LogP contribution in [0.1, 0.15) is 19.5 Å². The Morgan fingerprint density at radius 2 is 2.11 bits per heavy atom. The van der Waals surface area contributed by atoms with Crippen LogP contribution in [-0.2, 0) is 20.7 Å². The first kappa shape index (κ1) is 14.7. The van der Waals surface area contributed by atoms with E-state index < -0.39 is 7.60 Å². The molecule has 0 saturated heterocycles. The molecule has 0 fully saturated rings. The van der Waals surface area contributed by atoms with Crippen LogP contribution < -0.4 is 0 Å². The number of nitriles is 1. The molecule has 0 amide bonds. The van der Waals surface area contributed by atoms with Crippen LogP contribution in [0.4, 0.5) is 0 Å². The van der Waals surface area contributed by atoms with Gasteiger partial charge < -0.3 is 13.6 Å². The van der Waals surface area contributed by atoms with E-state index in [0.29, 0.717) is 0 Å². The lowest BCUT2D eigenvalue weighted by molar-refractivity contribution is 0.227. The monoisotopic (exact) mass is 268 g/mol. The normalized spacial score (nSPS) is 12.4. The van der Waals surface area contributed by atoms with Gasteiger partial charge in [0.1, 0.15) is 11.4 Å². The average Bonchev–Trinajstić information content (AvgIpc) is 2.72. The fraction of sp³-hybridized carbons (Fsp3) is 0.417. The zero-order valence-electron chi connectivity index (χ0n) is 10.8. The molecule has 1 rings (SSSR count). The third-order valence-electron chi connectivity index (χ3n) is 2.28. The van der Waals surface area contributed by atoms with E-state index >= 15 is 0 Å². The Balaban J connectivity index is 3.15. The fourth-order valence-corrected chi connectivity index (χ4v) is 2.90. The third kappa shape index (κ3) is 3.33. The van der Waals surface area contributed by atoms with Crippen molar-refractivity contribution in [1.29, 1.82) is 5.26 Å². The van der Waals surface area contributed by atoms with Gasteiger partial charge in [-0.2, -0.15) is 5.26 Å². The van der Waals surface area contributed by atoms with Crippen molar-refractivity contribution in [1.82, 2.24) is 4.57 Å². The highest BCUT2D eigenvalue weighted by Crippen LogP contribution is 2.56. The number of allylic oxidation sites excluding steroid dienone is 1. The number of hydrogen-bond acceptors (Lipinski definition) is 4. The van der Waals surface area contributed by atoms with Crippen LogP contribution in [0.3, 0.4) is 0 Å². The van der Waals surface area contributed by atoms with Gasteiger partial charge in [-0.25, -0.2) is 0 Å². The largest absolute Gasteiger partial charge is 0.371 e. The summed E-state index contributed by atoms with van der Waals surface area (Å²) in [5.74, 6) is 0. The quantitative estimate of drug-likeness (QED) is 0.587. The van der Waals surface area contributed by atoms with E-state index in [4.69, 9.17) is 14.3 Å². The molecule has 0 aliphatic rings. The molecule has 0 saturated carbocycles. The second-order valence-corrected chi connectivity index (χ2v) is 5.51. The molecule has 0 bridgehead atoms. The Kier molecular flexibility index (Phi) is 5.36. The van der Waals surface area contributed by atoms with Crippen molar-refractivity contribution in [2.24, 2.45) is 7.05 Å². The van der Waals surface area contributed by atoms with Gasteiger partial charge in [-0.1, -0.05) is 0 Å². The fourth-order valence-electron chi connectivity index (χ4n) is 1.45. The lowest BCUT2D eigenvalue weighted by Gasteiger charge is -2.15. The SMILES string of the molecule is CCOP(=O)(OCC)/C(C#N)=C/c1cccn1C. The molecule has 18 heavy (non-hydrogen) atoms. The summed E-state index contributed by atoms with van der Waals surface area (Å²) in [6.45, 7) is 3.87. The molecule has 1 aromatic heterocycles. The highest BCUT2D eigenvalue weighted by molar-refractivity contribution is 7.59. The standard InChI is InChI=1S/C12H17N2O3P/c1-4-16-18(15,17-5-2)12(10-13)9-11-7-6-8-14(11)3/h6-9H,4-5H2,1-3H3/b12-9+. The zero-order chi connectivity index (χ0) is 13.6. The second-order valence-electron chi connectivity index (χ2n) is 3.52. The predicted octanol–water partition coefficient (Wildman–Crippen LogP) is 3.16. The lowest BCUT2D eigenvalue weighted by atomic mass is 10.4. The van der Waals surface area contributed by atoms with Gasteiger partial charge in [-0.05, 0) is 32.1 Å². The first-order chi connectivity index (χ1) is 8.57. The summed E-state index contributed by atoms with van der Waals surface area (Å²) in [5, 5.41) is 9.17. The predicted molar refractivity (Wildman–Crippen MR) is 69.9 cm³/mol. The molecule has 0 radical (unpaired) electrons. The van der Waals surface area contributed by atoms with Crippen LogP contribution in [0.25, 0.3) is 6.08 Å². The van der Waals surface area contributed by atoms with Gasteiger partial charge in [0.05, 0.1) is 13.2 Å². The number of aryl methyl sites for hydroxylation is 1. The van der Waals surface area contributed by atoms with Crippen LogP contribution in [0, 0.1) is 11.3 Å². The minimum Gasteiger partial charge on any atom is -0.351 e. The van der Waals surface area contributed by atoms with E-state index in [1.165, 1.54) is 6.08 Å². The van der Waals surface area contributed by atoms with Crippen LogP contribution >= 0.6 is 7.60 Å². The molecule has 0 N–H and O–H groups in total. The smallest absolute Gasteiger partial charge is 0.351 e. The molecular weight excluding hydrogens is 251 g/mol. The van der Waals surface area contributed by atoms with Crippen molar-refractivity contribution in [2.45, 2.75) is 13.8 Å². The Morgan fingerprint density at radius 1 is 1.50 bits per heavy atom. The number of hydrogen-bond donors (Lipinski definition) is 0. The summed E-state index contributed by atoms with van der Waals surface area (Å²) < 4.78 is 24.5. The van der Waals surface area contributed by atoms with Crippen molar-refractivity contribution >= 4 is 13.7 Å². The van der Waals surface area contributed by atoms with Crippen molar-refractivity contribution < 1.29 is 13.6 Å². The number of nitrogens with zero attached hydrogens (tertiary/aromatic N) is 2. The summed E-state index contributed by atoms with van der Waals surface area (Å²) in [5.41, 5.74) is 0.770. The Bertz CT molecular complexity index is 504. The van der Waals surface area contributed by atoms with Crippen molar-refractivity contribution in [3.8, 4) is 6.07 Å². The second kappa shape index (κ2) is 6.55. The van der Waals surface area contributed by atoms with Gasteiger partial charge >= 0.3 is 7.60 Å². The third-order valence-corrected chi connectivity index (χ3v) is 4.29. The van der Waals surface area contributed by atoms with Gasteiger partial charge in [-0.3, -0.25) is 4.57 Å². The van der Waals surface area contributed by atoms with Crippen molar-refractivity contribution in [2.75, 3.05) is 13.2 Å². The van der Waals surface area contributed by atoms with Gasteiger partial charge in [0.2, 0.25) is 0 Å². The Morgan fingerprint density at radius 3 is 2.50 bits per heavy atom. The van der Waals surface area contributed by atoms with Crippen LogP contribution in [-0.4, -0.2) is 17.8 Å². The van der Waals surface area contributed by atoms with Crippen molar-refractivity contribution in [3.05, 3.63) is 29.3 Å². The molecule has 5 nitrogen and oxygen atoms in total. The topological polar surface area (TPSA) is 64.2 Å². The van der Waals surface area contributed by atoms with E-state index in [1.54, 1.807) is 13.8 Å². The maximum absolute atomic E-state index is 12.4. The highest BCUT2D eigenvalue weighted by atomic mass is 31.2. The minimum absolute atomic E-state index is 0.0213. The zero-order valence-corrected chi connectivity index (χ0v) is 11.7. The average molecular weight is 268 g/mol. The number of rotatable bonds is 6. The first-order valence-electron chi connectivity index (χ1n) is 5.70. The van der Waals surface area contributed by atoms with E-state index in [1.807, 2.05) is 36.0 Å². The molecule has 0 aromatic carbocycles. The van der Waals surface area contributed by atoms with Crippen LogP contribution in [0.2, 0.25) is 0 Å². The molecule has 98 valence electrons. The Hall–Kier alpha value is -1.34. The molecule has 0 unspecified atom stereocenters. The molecule has 0 atom stereocenters. The van der Waals surface area contributed by atoms with Gasteiger partial charge in [0.15, 0.2) is 0 Å². The van der Waals surface area contributed by atoms with E-state index in [0.717, 1.165) is 5.69 Å². The molecule has 0 spiro atoms. The maximum atomic E-state index is 12.4. The van der Waals surface area contributed by atoms with E-state index in [9.17, 15) is 4.57 Å². The number of aromatic nitrogens is 1. The van der Waals surface area contributed by atoms with Crippen LogP contribution in [0.15, 0.2) is 23.6 Å². The summed E-state index contributed by atoms with van der Waals surface area (Å²) in [6.07, 6.45) is 3.37. The molecule has 1 aromatic rings. The molecular formula is C12H17N2O3P. The van der Waals surface area contributed by atoms with E-state index in [2.05, 4.69) is 0 Å². The first-order valence-corrected chi connectivity index (χ1v) is 7.24. The summed E-state index contributed by atoms with van der Waals surface area (Å²) in [4.78, 5) is 0. The highest BCUT2D eigenvalue weighted by Gasteiger charge is 2.30.